The fourth-order valence-electron chi connectivity index (χ4n) is 3.20. The lowest BCUT2D eigenvalue weighted by molar-refractivity contribution is 0.189. The molecule has 0 spiro atoms. The highest BCUT2D eigenvalue weighted by atomic mass is 16.3. The van der Waals surface area contributed by atoms with Crippen LogP contribution >= 0.6 is 0 Å². The summed E-state index contributed by atoms with van der Waals surface area (Å²) >= 11 is 0. The predicted molar refractivity (Wildman–Crippen MR) is 116 cm³/mol. The van der Waals surface area contributed by atoms with E-state index in [0.29, 0.717) is 0 Å². The van der Waals surface area contributed by atoms with Gasteiger partial charge in [-0.3, -0.25) is 0 Å². The van der Waals surface area contributed by atoms with Gasteiger partial charge in [-0.1, -0.05) is 85.0 Å². The first-order valence-electron chi connectivity index (χ1n) is 9.17. The minimum Gasteiger partial charge on any atom is -0.368 e. The van der Waals surface area contributed by atoms with Crippen molar-refractivity contribution in [1.29, 1.82) is 0 Å². The summed E-state index contributed by atoms with van der Waals surface area (Å²) < 4.78 is 2.05. The molecule has 0 fully saturated rings. The van der Waals surface area contributed by atoms with Gasteiger partial charge in [0.05, 0.1) is 11.9 Å². The second-order valence-electron chi connectivity index (χ2n) is 6.33. The Hall–Kier alpha value is -3.63. The third-order valence-electron chi connectivity index (χ3n) is 4.51. The van der Waals surface area contributed by atoms with Gasteiger partial charge < -0.3 is 15.0 Å². The van der Waals surface area contributed by atoms with Crippen molar-refractivity contribution in [2.75, 3.05) is 5.32 Å². The molecule has 1 aromatic heterocycles. The van der Waals surface area contributed by atoms with Crippen LogP contribution in [0.1, 0.15) is 17.4 Å². The van der Waals surface area contributed by atoms with Crippen LogP contribution < -0.4 is 5.32 Å². The smallest absolute Gasteiger partial charge is 0.177 e. The molecular weight excluding hydrogens is 346 g/mol. The molecule has 1 aliphatic carbocycles. The van der Waals surface area contributed by atoms with Gasteiger partial charge in [0.25, 0.3) is 0 Å². The van der Waals surface area contributed by atoms with Crippen molar-refractivity contribution in [2.45, 2.75) is 6.23 Å². The van der Waals surface area contributed by atoms with Crippen LogP contribution in [0.25, 0.3) is 11.3 Å². The number of nitrogens with one attached hydrogen (secondary N) is 1. The van der Waals surface area contributed by atoms with E-state index in [0.717, 1.165) is 28.2 Å². The highest BCUT2D eigenvalue weighted by Crippen LogP contribution is 2.38. The van der Waals surface area contributed by atoms with E-state index in [1.807, 2.05) is 108 Å². The summed E-state index contributed by atoms with van der Waals surface area (Å²) in [6, 6.07) is 18.0. The number of nitrogens with zero attached hydrogens (tertiary/aromatic N) is 2. The van der Waals surface area contributed by atoms with Gasteiger partial charge in [0.2, 0.25) is 0 Å². The summed E-state index contributed by atoms with van der Waals surface area (Å²) in [4.78, 5) is 4.14. The van der Waals surface area contributed by atoms with Crippen LogP contribution in [0.4, 0.5) is 5.82 Å². The maximum atomic E-state index is 10.6. The molecule has 138 valence electrons. The fourth-order valence-corrected chi connectivity index (χ4v) is 3.20. The summed E-state index contributed by atoms with van der Waals surface area (Å²) in [6.45, 7) is 0. The molecule has 2 aromatic rings. The zero-order valence-electron chi connectivity index (χ0n) is 15.3. The number of fused-ring (bicyclic) bond motifs is 1. The second-order valence-corrected chi connectivity index (χ2v) is 6.33. The number of aliphatic imine (C=N–C) groups is 1. The molecule has 2 heterocycles. The molecule has 1 aliphatic heterocycles. The summed E-state index contributed by atoms with van der Waals surface area (Å²) in [7, 11) is 0. The number of aromatic nitrogens is 1. The zero-order valence-corrected chi connectivity index (χ0v) is 15.3. The van der Waals surface area contributed by atoms with E-state index in [4.69, 9.17) is 0 Å². The van der Waals surface area contributed by atoms with Gasteiger partial charge >= 0.3 is 0 Å². The van der Waals surface area contributed by atoms with E-state index in [9.17, 15) is 5.11 Å². The number of aliphatic hydroxyl groups is 1. The van der Waals surface area contributed by atoms with Gasteiger partial charge in [-0.05, 0) is 17.7 Å². The highest BCUT2D eigenvalue weighted by molar-refractivity contribution is 5.87. The van der Waals surface area contributed by atoms with Gasteiger partial charge in [-0.2, -0.15) is 0 Å². The Labute approximate surface area is 164 Å². The molecule has 1 unspecified atom stereocenters. The lowest BCUT2D eigenvalue weighted by atomic mass is 10.0. The monoisotopic (exact) mass is 367 g/mol. The van der Waals surface area contributed by atoms with Crippen molar-refractivity contribution in [3.8, 4) is 5.69 Å². The standard InChI is InChI=1S/C24H21N3O/c28-24-22-21(19-13-9-5-4-6-10-14-19)17-27(23(22)25-18-26-24)20-15-11-7-2-1-3-8-12-16-20/h1-18,24,28H,(H,25,26)/b2-1?,3-1?,5-4-,6-4?,7-2?,8-3?,9-5?,10-6-,11-7?,12-8?,13-9?,14-10?,15-11?,16-12?,19-13?,19-14?,20-15?,20-16?. The van der Waals surface area contributed by atoms with Crippen molar-refractivity contribution in [3.05, 3.63) is 114 Å². The maximum Gasteiger partial charge on any atom is 0.177 e. The molecule has 0 radical (unpaired) electrons. The fraction of sp³-hybridized carbons (Fsp3) is 0.0417. The summed E-state index contributed by atoms with van der Waals surface area (Å²) in [5, 5.41) is 13.8. The van der Waals surface area contributed by atoms with E-state index in [1.165, 1.54) is 0 Å². The number of aliphatic hydroxyl groups excluding tert-OH is 1. The molecule has 4 rings (SSSR count). The first kappa shape index (κ1) is 17.8. The molecule has 2 aliphatic rings. The van der Waals surface area contributed by atoms with Crippen molar-refractivity contribution in [3.63, 3.8) is 0 Å². The number of allylic oxidation sites excluding steroid dienone is 8. The Bertz CT molecular complexity index is 1040. The summed E-state index contributed by atoms with van der Waals surface area (Å²) in [6.07, 6.45) is 16.7. The Kier molecular flexibility index (Phi) is 5.31. The van der Waals surface area contributed by atoms with Crippen LogP contribution in [0.2, 0.25) is 0 Å². The molecule has 1 atom stereocenters. The maximum absolute atomic E-state index is 10.6. The molecule has 1 aromatic carbocycles. The number of hydrogen-bond acceptors (Lipinski definition) is 3. The summed E-state index contributed by atoms with van der Waals surface area (Å²) in [5.74, 6) is 0.814. The minimum absolute atomic E-state index is 0.766. The Morgan fingerprint density at radius 2 is 1.54 bits per heavy atom. The molecule has 28 heavy (non-hydrogen) atoms. The molecule has 0 saturated heterocycles. The van der Waals surface area contributed by atoms with Crippen LogP contribution in [0.3, 0.4) is 0 Å². The van der Waals surface area contributed by atoms with Crippen LogP contribution in [-0.4, -0.2) is 16.0 Å². The number of anilines is 1. The average Bonchev–Trinajstić information content (AvgIpc) is 3.07. The van der Waals surface area contributed by atoms with Crippen LogP contribution in [0.15, 0.2) is 108 Å². The Balaban J connectivity index is 1.92. The minimum atomic E-state index is -0.908. The van der Waals surface area contributed by atoms with E-state index in [1.54, 1.807) is 6.34 Å². The van der Waals surface area contributed by atoms with Gasteiger partial charge in [-0.25, -0.2) is 4.99 Å². The van der Waals surface area contributed by atoms with Crippen molar-refractivity contribution >= 4 is 17.7 Å². The van der Waals surface area contributed by atoms with Gasteiger partial charge in [0.15, 0.2) is 6.23 Å². The number of hydrogen-bond donors (Lipinski definition) is 2. The quantitative estimate of drug-likeness (QED) is 0.775. The first-order chi connectivity index (χ1) is 13.8. The lowest BCUT2D eigenvalue weighted by Gasteiger charge is -2.17. The third kappa shape index (κ3) is 3.72. The molecule has 0 amide bonds. The van der Waals surface area contributed by atoms with Crippen LogP contribution in [-0.2, 0) is 0 Å². The number of rotatable bonds is 2. The van der Waals surface area contributed by atoms with E-state index >= 15 is 0 Å². The molecule has 2 N–H and O–H groups in total. The van der Waals surface area contributed by atoms with Crippen LogP contribution in [0, 0.1) is 0 Å². The molecule has 0 bridgehead atoms. The normalized spacial score (nSPS) is 19.3. The molecule has 0 saturated carbocycles. The molecular formula is C24H21N3O. The second kappa shape index (κ2) is 8.37. The van der Waals surface area contributed by atoms with Gasteiger partial charge in [-0.15, -0.1) is 0 Å². The topological polar surface area (TPSA) is 49.6 Å². The summed E-state index contributed by atoms with van der Waals surface area (Å²) in [5.41, 5.74) is 3.69. The lowest BCUT2D eigenvalue weighted by Crippen LogP contribution is -2.12. The van der Waals surface area contributed by atoms with Crippen molar-refractivity contribution in [1.82, 2.24) is 4.57 Å². The SMILES string of the molecule is OC1N=CNc2c1c(C1=C/C=C\C=C/C=C1)cn2-c1ccccccccc1. The zero-order chi connectivity index (χ0) is 19.2. The van der Waals surface area contributed by atoms with Crippen molar-refractivity contribution < 1.29 is 5.11 Å². The first-order valence-corrected chi connectivity index (χ1v) is 9.17. The van der Waals surface area contributed by atoms with E-state index in [2.05, 4.69) is 10.3 Å². The van der Waals surface area contributed by atoms with E-state index in [-0.39, 0.29) is 0 Å². The Morgan fingerprint density at radius 1 is 0.857 bits per heavy atom. The molecule has 4 nitrogen and oxygen atoms in total. The largest absolute Gasteiger partial charge is 0.368 e. The van der Waals surface area contributed by atoms with E-state index < -0.39 is 6.23 Å². The van der Waals surface area contributed by atoms with Crippen LogP contribution in [0.5, 0.6) is 0 Å². The van der Waals surface area contributed by atoms with Gasteiger partial charge in [0.1, 0.15) is 5.82 Å². The third-order valence-corrected chi connectivity index (χ3v) is 4.51. The highest BCUT2D eigenvalue weighted by Gasteiger charge is 2.25. The molecule has 4 heteroatoms. The Morgan fingerprint density at radius 3 is 2.32 bits per heavy atom. The average molecular weight is 367 g/mol. The van der Waals surface area contributed by atoms with Crippen molar-refractivity contribution in [2.24, 2.45) is 4.99 Å². The predicted octanol–water partition coefficient (Wildman–Crippen LogP) is 5.11. The van der Waals surface area contributed by atoms with Gasteiger partial charge in [0, 0.05) is 17.4 Å².